The van der Waals surface area contributed by atoms with Gasteiger partial charge in [0.2, 0.25) is 0 Å². The van der Waals surface area contributed by atoms with Gasteiger partial charge < -0.3 is 0 Å². The molecule has 4 rings (SSSR count). The number of nitrogens with zero attached hydrogens (tertiary/aromatic N) is 2. The van der Waals surface area contributed by atoms with Gasteiger partial charge in [-0.25, -0.2) is 0 Å². The highest BCUT2D eigenvalue weighted by Crippen LogP contribution is 2.31. The van der Waals surface area contributed by atoms with Crippen LogP contribution in [0, 0.1) is 0 Å². The summed E-state index contributed by atoms with van der Waals surface area (Å²) in [5.41, 5.74) is 4.82. The van der Waals surface area contributed by atoms with E-state index in [0.717, 1.165) is 38.0 Å². The van der Waals surface area contributed by atoms with Gasteiger partial charge in [-0.1, -0.05) is 83.9 Å². The molecular weight excluding hydrogens is 399 g/mol. The van der Waals surface area contributed by atoms with Crippen LogP contribution in [0.15, 0.2) is 77.8 Å². The average molecular weight is 423 g/mol. The maximum Gasteiger partial charge on any atom is 0.0598 e. The molecule has 29 heavy (non-hydrogen) atoms. The third-order valence-electron chi connectivity index (χ3n) is 5.43. The van der Waals surface area contributed by atoms with E-state index in [1.165, 1.54) is 16.7 Å². The summed E-state index contributed by atoms with van der Waals surface area (Å²) in [6.45, 7) is 3.06. The molecule has 0 aliphatic carbocycles. The lowest BCUT2D eigenvalue weighted by atomic mass is 9.98. The highest BCUT2D eigenvalue weighted by molar-refractivity contribution is 6.42. The molecule has 0 unspecified atom stereocenters. The topological polar surface area (TPSA) is 15.6 Å². The van der Waals surface area contributed by atoms with Crippen LogP contribution in [0.25, 0.3) is 11.1 Å². The summed E-state index contributed by atoms with van der Waals surface area (Å²) in [4.78, 5) is 7.32. The molecule has 1 aliphatic rings. The van der Waals surface area contributed by atoms with Crippen molar-refractivity contribution >= 4 is 29.4 Å². The van der Waals surface area contributed by atoms with Gasteiger partial charge in [-0.3, -0.25) is 9.89 Å². The first-order chi connectivity index (χ1) is 14.2. The van der Waals surface area contributed by atoms with Crippen molar-refractivity contribution in [3.63, 3.8) is 0 Å². The molecule has 1 fully saturated rings. The van der Waals surface area contributed by atoms with Gasteiger partial charge in [0.05, 0.1) is 16.1 Å². The van der Waals surface area contributed by atoms with E-state index in [9.17, 15) is 0 Å². The van der Waals surface area contributed by atoms with E-state index in [1.807, 2.05) is 30.5 Å². The van der Waals surface area contributed by atoms with Gasteiger partial charge in [0.15, 0.2) is 0 Å². The number of rotatable bonds is 5. The van der Waals surface area contributed by atoms with Crippen LogP contribution in [0.3, 0.4) is 0 Å². The standard InChI is InChI=1S/C25H24Cl2N2/c26-24-11-10-20(16-25(24)27)23-9-5-4-8-21(23)18-29-14-12-22(13-15-29)28-17-19-6-2-1-3-7-19/h1-11,16-17,22H,12-15,18H2. The third-order valence-corrected chi connectivity index (χ3v) is 6.17. The van der Waals surface area contributed by atoms with Crippen molar-refractivity contribution in [1.29, 1.82) is 0 Å². The third kappa shape index (κ3) is 5.27. The van der Waals surface area contributed by atoms with Gasteiger partial charge in [-0.2, -0.15) is 0 Å². The van der Waals surface area contributed by atoms with Crippen molar-refractivity contribution in [2.75, 3.05) is 13.1 Å². The van der Waals surface area contributed by atoms with Gasteiger partial charge >= 0.3 is 0 Å². The van der Waals surface area contributed by atoms with Crippen molar-refractivity contribution in [3.05, 3.63) is 94.0 Å². The van der Waals surface area contributed by atoms with Crippen molar-refractivity contribution in [2.45, 2.75) is 25.4 Å². The first-order valence-corrected chi connectivity index (χ1v) is 10.8. The Morgan fingerprint density at radius 1 is 0.862 bits per heavy atom. The second kappa shape index (κ2) is 9.58. The van der Waals surface area contributed by atoms with Gasteiger partial charge in [-0.05, 0) is 47.2 Å². The summed E-state index contributed by atoms with van der Waals surface area (Å²) in [5.74, 6) is 0. The number of hydrogen-bond acceptors (Lipinski definition) is 2. The maximum absolute atomic E-state index is 6.24. The summed E-state index contributed by atoms with van der Waals surface area (Å²) in [6, 6.07) is 25.1. The van der Waals surface area contributed by atoms with E-state index < -0.39 is 0 Å². The summed E-state index contributed by atoms with van der Waals surface area (Å²) in [6.07, 6.45) is 4.20. The Morgan fingerprint density at radius 3 is 2.34 bits per heavy atom. The first kappa shape index (κ1) is 20.2. The molecule has 1 aliphatic heterocycles. The predicted octanol–water partition coefficient (Wildman–Crippen LogP) is 6.74. The van der Waals surface area contributed by atoms with Crippen molar-refractivity contribution in [3.8, 4) is 11.1 Å². The molecule has 4 heteroatoms. The normalized spacial score (nSPS) is 15.8. The number of likely N-dealkylation sites (tertiary alicyclic amines) is 1. The molecule has 0 aromatic heterocycles. The van der Waals surface area contributed by atoms with Crippen LogP contribution < -0.4 is 0 Å². The molecule has 148 valence electrons. The van der Waals surface area contributed by atoms with E-state index >= 15 is 0 Å². The lowest BCUT2D eigenvalue weighted by Crippen LogP contribution is -2.35. The lowest BCUT2D eigenvalue weighted by molar-refractivity contribution is 0.207. The Labute approximate surface area is 182 Å². The van der Waals surface area contributed by atoms with Crippen LogP contribution in [0.5, 0.6) is 0 Å². The molecular formula is C25H24Cl2N2. The fraction of sp³-hybridized carbons (Fsp3) is 0.240. The minimum atomic E-state index is 0.414. The molecule has 0 amide bonds. The smallest absolute Gasteiger partial charge is 0.0598 e. The second-order valence-electron chi connectivity index (χ2n) is 7.48. The number of halogens is 2. The first-order valence-electron chi connectivity index (χ1n) is 10.0. The fourth-order valence-electron chi connectivity index (χ4n) is 3.80. The Balaban J connectivity index is 1.40. The monoisotopic (exact) mass is 422 g/mol. The summed E-state index contributed by atoms with van der Waals surface area (Å²) < 4.78 is 0. The molecule has 3 aromatic carbocycles. The SMILES string of the molecule is Clc1ccc(-c2ccccc2CN2CCC(N=Cc3ccccc3)CC2)cc1Cl. The molecule has 0 N–H and O–H groups in total. The predicted molar refractivity (Wildman–Crippen MR) is 124 cm³/mol. The molecule has 0 saturated carbocycles. The van der Waals surface area contributed by atoms with E-state index in [0.29, 0.717) is 16.1 Å². The fourth-order valence-corrected chi connectivity index (χ4v) is 4.10. The van der Waals surface area contributed by atoms with Gasteiger partial charge in [0.1, 0.15) is 0 Å². The molecule has 0 atom stereocenters. The van der Waals surface area contributed by atoms with Crippen LogP contribution in [0.2, 0.25) is 10.0 Å². The zero-order valence-corrected chi connectivity index (χ0v) is 17.8. The Bertz CT molecular complexity index is 977. The molecule has 0 radical (unpaired) electrons. The highest BCUT2D eigenvalue weighted by Gasteiger charge is 2.19. The van der Waals surface area contributed by atoms with Crippen LogP contribution in [0.4, 0.5) is 0 Å². The van der Waals surface area contributed by atoms with Gasteiger partial charge in [0, 0.05) is 25.8 Å². The van der Waals surface area contributed by atoms with Crippen LogP contribution >= 0.6 is 23.2 Å². The highest BCUT2D eigenvalue weighted by atomic mass is 35.5. The molecule has 2 nitrogen and oxygen atoms in total. The number of piperidine rings is 1. The zero-order valence-electron chi connectivity index (χ0n) is 16.3. The van der Waals surface area contributed by atoms with E-state index in [4.69, 9.17) is 28.2 Å². The summed E-state index contributed by atoms with van der Waals surface area (Å²) in [7, 11) is 0. The number of hydrogen-bond donors (Lipinski definition) is 0. The minimum absolute atomic E-state index is 0.414. The van der Waals surface area contributed by atoms with Crippen molar-refractivity contribution in [1.82, 2.24) is 4.90 Å². The summed E-state index contributed by atoms with van der Waals surface area (Å²) >= 11 is 12.3. The Kier molecular flexibility index (Phi) is 6.66. The molecule has 0 bridgehead atoms. The Morgan fingerprint density at radius 2 is 1.59 bits per heavy atom. The van der Waals surface area contributed by atoms with Gasteiger partial charge in [0.25, 0.3) is 0 Å². The zero-order chi connectivity index (χ0) is 20.1. The van der Waals surface area contributed by atoms with Gasteiger partial charge in [-0.15, -0.1) is 0 Å². The lowest BCUT2D eigenvalue weighted by Gasteiger charge is -2.30. The maximum atomic E-state index is 6.24. The minimum Gasteiger partial charge on any atom is -0.299 e. The number of aliphatic imine (C=N–C) groups is 1. The van der Waals surface area contributed by atoms with E-state index in [1.54, 1.807) is 0 Å². The molecule has 3 aromatic rings. The van der Waals surface area contributed by atoms with Crippen LogP contribution in [0.1, 0.15) is 24.0 Å². The van der Waals surface area contributed by atoms with Crippen molar-refractivity contribution in [2.24, 2.45) is 4.99 Å². The van der Waals surface area contributed by atoms with Crippen LogP contribution in [-0.4, -0.2) is 30.2 Å². The second-order valence-corrected chi connectivity index (χ2v) is 8.30. The number of benzene rings is 3. The van der Waals surface area contributed by atoms with Crippen LogP contribution in [-0.2, 0) is 6.54 Å². The largest absolute Gasteiger partial charge is 0.299 e. The van der Waals surface area contributed by atoms with Crippen molar-refractivity contribution < 1.29 is 0 Å². The quantitative estimate of drug-likeness (QED) is 0.415. The Hall–Kier alpha value is -2.13. The van der Waals surface area contributed by atoms with E-state index in [2.05, 4.69) is 53.4 Å². The molecule has 1 heterocycles. The van der Waals surface area contributed by atoms with E-state index in [-0.39, 0.29) is 0 Å². The average Bonchev–Trinajstić information content (AvgIpc) is 2.76. The molecule has 0 spiro atoms. The molecule has 1 saturated heterocycles. The summed E-state index contributed by atoms with van der Waals surface area (Å²) in [5, 5.41) is 1.18.